The summed E-state index contributed by atoms with van der Waals surface area (Å²) in [6.07, 6.45) is 3.81. The molecule has 1 amide bonds. The summed E-state index contributed by atoms with van der Waals surface area (Å²) in [5, 5.41) is 4.20. The van der Waals surface area contributed by atoms with Crippen LogP contribution in [0.4, 0.5) is 0 Å². The fourth-order valence-corrected chi connectivity index (χ4v) is 3.16. The maximum atomic E-state index is 12.7. The molecule has 5 heteroatoms. The zero-order valence-corrected chi connectivity index (χ0v) is 14.4. The minimum atomic E-state index is 0.0781. The molecule has 1 fully saturated rings. The first-order valence-corrected chi connectivity index (χ1v) is 8.68. The topological polar surface area (TPSA) is 47.4 Å². The molecule has 0 saturated carbocycles. The lowest BCUT2D eigenvalue weighted by atomic mass is 9.98. The van der Waals surface area contributed by atoms with Gasteiger partial charge in [-0.2, -0.15) is 5.10 Å². The van der Waals surface area contributed by atoms with Crippen LogP contribution in [0.3, 0.4) is 0 Å². The summed E-state index contributed by atoms with van der Waals surface area (Å²) in [6.45, 7) is 6.99. The summed E-state index contributed by atoms with van der Waals surface area (Å²) in [6, 6.07) is 9.91. The van der Waals surface area contributed by atoms with E-state index in [0.29, 0.717) is 24.8 Å². The minimum absolute atomic E-state index is 0.0781. The largest absolute Gasteiger partial charge is 0.493 e. The summed E-state index contributed by atoms with van der Waals surface area (Å²) in [5.74, 6) is 1.35. The number of likely N-dealkylation sites (tertiary alicyclic amines) is 1. The van der Waals surface area contributed by atoms with Crippen molar-refractivity contribution in [3.05, 3.63) is 47.8 Å². The Labute approximate surface area is 143 Å². The Morgan fingerprint density at radius 3 is 2.83 bits per heavy atom. The normalized spacial score (nSPS) is 17.8. The van der Waals surface area contributed by atoms with Crippen LogP contribution in [-0.4, -0.2) is 40.3 Å². The Balaban J connectivity index is 1.58. The molecule has 24 heavy (non-hydrogen) atoms. The molecule has 1 aliphatic rings. The van der Waals surface area contributed by atoms with Crippen molar-refractivity contribution in [1.29, 1.82) is 0 Å². The van der Waals surface area contributed by atoms with Crippen molar-refractivity contribution >= 4 is 5.91 Å². The van der Waals surface area contributed by atoms with Crippen LogP contribution in [0.2, 0.25) is 0 Å². The molecule has 1 saturated heterocycles. The quantitative estimate of drug-likeness (QED) is 0.847. The molecule has 0 N–H and O–H groups in total. The van der Waals surface area contributed by atoms with E-state index >= 15 is 0 Å². The lowest BCUT2D eigenvalue weighted by molar-refractivity contribution is 0.0621. The molecule has 3 rings (SSSR count). The van der Waals surface area contributed by atoms with Crippen molar-refractivity contribution < 1.29 is 9.53 Å². The van der Waals surface area contributed by atoms with Gasteiger partial charge in [0.05, 0.1) is 6.61 Å². The number of rotatable bonds is 5. The van der Waals surface area contributed by atoms with Gasteiger partial charge in [0, 0.05) is 31.7 Å². The highest BCUT2D eigenvalue weighted by molar-refractivity contribution is 5.92. The van der Waals surface area contributed by atoms with Crippen molar-refractivity contribution in [3.63, 3.8) is 0 Å². The smallest absolute Gasteiger partial charge is 0.272 e. The van der Waals surface area contributed by atoms with Gasteiger partial charge in [-0.05, 0) is 44.9 Å². The fourth-order valence-electron chi connectivity index (χ4n) is 3.16. The maximum absolute atomic E-state index is 12.7. The molecular formula is C19H25N3O2. The van der Waals surface area contributed by atoms with Crippen molar-refractivity contribution in [2.75, 3.05) is 19.7 Å². The Morgan fingerprint density at radius 2 is 2.08 bits per heavy atom. The lowest BCUT2D eigenvalue weighted by Gasteiger charge is -2.32. The summed E-state index contributed by atoms with van der Waals surface area (Å²) in [4.78, 5) is 14.7. The first-order valence-electron chi connectivity index (χ1n) is 8.68. The average Bonchev–Trinajstić information content (AvgIpc) is 3.09. The molecule has 1 aliphatic heterocycles. The molecule has 5 nitrogen and oxygen atoms in total. The van der Waals surface area contributed by atoms with E-state index in [2.05, 4.69) is 24.2 Å². The third kappa shape index (κ3) is 3.78. The Bertz CT molecular complexity index is 678. The number of carbonyl (C=O) groups excluding carboxylic acids is 1. The molecule has 128 valence electrons. The SMILES string of the molecule is CCn1nccc1C(=O)N1CCC[C@@H](COc2ccc(C)cc2)C1. The summed E-state index contributed by atoms with van der Waals surface area (Å²) >= 11 is 0. The summed E-state index contributed by atoms with van der Waals surface area (Å²) in [7, 11) is 0. The average molecular weight is 327 g/mol. The first kappa shape index (κ1) is 16.6. The number of aryl methyl sites for hydroxylation is 2. The van der Waals surface area contributed by atoms with E-state index in [1.807, 2.05) is 24.0 Å². The number of aromatic nitrogens is 2. The molecule has 2 aromatic rings. The highest BCUT2D eigenvalue weighted by Gasteiger charge is 2.26. The van der Waals surface area contributed by atoms with Gasteiger partial charge >= 0.3 is 0 Å². The maximum Gasteiger partial charge on any atom is 0.272 e. The van der Waals surface area contributed by atoms with E-state index in [4.69, 9.17) is 4.74 Å². The van der Waals surface area contributed by atoms with Crippen LogP contribution < -0.4 is 4.74 Å². The number of nitrogens with zero attached hydrogens (tertiary/aromatic N) is 3. The molecular weight excluding hydrogens is 302 g/mol. The monoisotopic (exact) mass is 327 g/mol. The molecule has 1 aromatic carbocycles. The fraction of sp³-hybridized carbons (Fsp3) is 0.474. The number of ether oxygens (including phenoxy) is 1. The molecule has 0 bridgehead atoms. The van der Waals surface area contributed by atoms with Crippen molar-refractivity contribution in [2.24, 2.45) is 5.92 Å². The molecule has 0 unspecified atom stereocenters. The van der Waals surface area contributed by atoms with Gasteiger partial charge in [-0.25, -0.2) is 0 Å². The molecule has 0 aliphatic carbocycles. The van der Waals surface area contributed by atoms with Crippen LogP contribution in [0.25, 0.3) is 0 Å². The van der Waals surface area contributed by atoms with Crippen LogP contribution in [-0.2, 0) is 6.54 Å². The Morgan fingerprint density at radius 1 is 1.29 bits per heavy atom. The van der Waals surface area contributed by atoms with Gasteiger partial charge < -0.3 is 9.64 Å². The van der Waals surface area contributed by atoms with Gasteiger partial charge in [0.2, 0.25) is 0 Å². The van der Waals surface area contributed by atoms with E-state index in [1.165, 1.54) is 5.56 Å². The Hall–Kier alpha value is -2.30. The van der Waals surface area contributed by atoms with Gasteiger partial charge in [-0.1, -0.05) is 17.7 Å². The van der Waals surface area contributed by atoms with E-state index in [-0.39, 0.29) is 5.91 Å². The number of amides is 1. The predicted molar refractivity (Wildman–Crippen MR) is 93.2 cm³/mol. The molecule has 1 aromatic heterocycles. The van der Waals surface area contributed by atoms with Crippen molar-refractivity contribution in [1.82, 2.24) is 14.7 Å². The van der Waals surface area contributed by atoms with Gasteiger partial charge in [0.15, 0.2) is 0 Å². The second kappa shape index (κ2) is 7.51. The van der Waals surface area contributed by atoms with Crippen LogP contribution in [0.5, 0.6) is 5.75 Å². The second-order valence-corrected chi connectivity index (χ2v) is 6.42. The van der Waals surface area contributed by atoms with E-state index < -0.39 is 0 Å². The molecule has 0 spiro atoms. The zero-order chi connectivity index (χ0) is 16.9. The summed E-state index contributed by atoms with van der Waals surface area (Å²) < 4.78 is 7.67. The van der Waals surface area contributed by atoms with Gasteiger partial charge in [0.1, 0.15) is 11.4 Å². The third-order valence-corrected chi connectivity index (χ3v) is 4.55. The van der Waals surface area contributed by atoms with E-state index in [1.54, 1.807) is 16.9 Å². The number of carbonyl (C=O) groups is 1. The highest BCUT2D eigenvalue weighted by Crippen LogP contribution is 2.20. The predicted octanol–water partition coefficient (Wildman–Crippen LogP) is 3.14. The zero-order valence-electron chi connectivity index (χ0n) is 14.4. The van der Waals surface area contributed by atoms with Crippen LogP contribution in [0.1, 0.15) is 35.8 Å². The van der Waals surface area contributed by atoms with Gasteiger partial charge in [-0.15, -0.1) is 0 Å². The second-order valence-electron chi connectivity index (χ2n) is 6.42. The minimum Gasteiger partial charge on any atom is -0.493 e. The number of hydrogen-bond donors (Lipinski definition) is 0. The van der Waals surface area contributed by atoms with E-state index in [0.717, 1.165) is 31.7 Å². The summed E-state index contributed by atoms with van der Waals surface area (Å²) in [5.41, 5.74) is 1.90. The number of piperidine rings is 1. The molecule has 1 atom stereocenters. The lowest BCUT2D eigenvalue weighted by Crippen LogP contribution is -2.42. The van der Waals surface area contributed by atoms with E-state index in [9.17, 15) is 4.79 Å². The molecule has 2 heterocycles. The first-order chi connectivity index (χ1) is 11.7. The van der Waals surface area contributed by atoms with Crippen molar-refractivity contribution in [2.45, 2.75) is 33.2 Å². The van der Waals surface area contributed by atoms with Gasteiger partial charge in [0.25, 0.3) is 5.91 Å². The Kier molecular flexibility index (Phi) is 5.18. The van der Waals surface area contributed by atoms with Crippen molar-refractivity contribution in [3.8, 4) is 5.75 Å². The van der Waals surface area contributed by atoms with Crippen LogP contribution >= 0.6 is 0 Å². The molecule has 0 radical (unpaired) electrons. The van der Waals surface area contributed by atoms with Crippen LogP contribution in [0, 0.1) is 12.8 Å². The standard InChI is InChI=1S/C19H25N3O2/c1-3-22-18(10-11-20-22)19(23)21-12-4-5-16(13-21)14-24-17-8-6-15(2)7-9-17/h6-11,16H,3-5,12-14H2,1-2H3/t16-/m1/s1. The number of benzene rings is 1. The van der Waals surface area contributed by atoms with Gasteiger partial charge in [-0.3, -0.25) is 9.48 Å². The van der Waals surface area contributed by atoms with Crippen LogP contribution in [0.15, 0.2) is 36.5 Å². The highest BCUT2D eigenvalue weighted by atomic mass is 16.5. The number of hydrogen-bond acceptors (Lipinski definition) is 3. The third-order valence-electron chi connectivity index (χ3n) is 4.55.